The number of fused-ring (bicyclic) bond motifs is 1. The molecule has 2 aromatic carbocycles. The van der Waals surface area contributed by atoms with Crippen molar-refractivity contribution in [1.29, 1.82) is 0 Å². The molecule has 3 aromatic rings. The van der Waals surface area contributed by atoms with Gasteiger partial charge in [-0.3, -0.25) is 4.79 Å². The highest BCUT2D eigenvalue weighted by atomic mass is 32.1. The highest BCUT2D eigenvalue weighted by molar-refractivity contribution is 7.82. The van der Waals surface area contributed by atoms with Crippen molar-refractivity contribution < 1.29 is 9.59 Å². The van der Waals surface area contributed by atoms with Crippen molar-refractivity contribution in [3.8, 4) is 0 Å². The fraction of sp³-hybridized carbons (Fsp3) is 0. The lowest BCUT2D eigenvalue weighted by Crippen LogP contribution is -2.26. The van der Waals surface area contributed by atoms with Gasteiger partial charge in [0.1, 0.15) is 0 Å². The maximum Gasteiger partial charge on any atom is 0.336 e. The molecule has 3 amide bonds. The predicted octanol–water partition coefficient (Wildman–Crippen LogP) is 2.55. The predicted molar refractivity (Wildman–Crippen MR) is 91.5 cm³/mol. The van der Waals surface area contributed by atoms with Gasteiger partial charge in [-0.05, 0) is 42.5 Å². The summed E-state index contributed by atoms with van der Waals surface area (Å²) in [7, 11) is 0. The normalized spacial score (nSPS) is 10.5. The maximum absolute atomic E-state index is 12.2. The van der Waals surface area contributed by atoms with Crippen molar-refractivity contribution in [1.82, 2.24) is 9.97 Å². The van der Waals surface area contributed by atoms with Crippen LogP contribution in [-0.4, -0.2) is 21.9 Å². The third-order valence-electron chi connectivity index (χ3n) is 3.26. The SMILES string of the molecule is NC(=O)c1ccc(N(S)C(=O)Nc2ccc3nc[nH]c3c2)cc1. The van der Waals surface area contributed by atoms with E-state index in [1.165, 1.54) is 12.1 Å². The zero-order chi connectivity index (χ0) is 16.4. The minimum absolute atomic E-state index is 0.362. The standard InChI is InChI=1S/C15H13N5O2S/c16-14(21)9-1-4-11(5-2-9)20(23)15(22)19-10-3-6-12-13(7-10)18-8-17-12/h1-8,23H,(H2,16,21)(H,17,18)(H,19,22). The second kappa shape index (κ2) is 6.01. The summed E-state index contributed by atoms with van der Waals surface area (Å²) in [6, 6.07) is 11.1. The molecule has 0 bridgehead atoms. The largest absolute Gasteiger partial charge is 0.366 e. The lowest BCUT2D eigenvalue weighted by molar-refractivity contribution is 0.100. The van der Waals surface area contributed by atoms with Gasteiger partial charge in [-0.25, -0.2) is 14.1 Å². The van der Waals surface area contributed by atoms with Crippen molar-refractivity contribution in [2.75, 3.05) is 9.62 Å². The first-order valence-corrected chi connectivity index (χ1v) is 7.07. The summed E-state index contributed by atoms with van der Waals surface area (Å²) < 4.78 is 1.14. The van der Waals surface area contributed by atoms with Crippen LogP contribution in [0.15, 0.2) is 48.8 Å². The van der Waals surface area contributed by atoms with Crippen LogP contribution < -0.4 is 15.4 Å². The number of primary amides is 1. The molecule has 8 heteroatoms. The third-order valence-corrected chi connectivity index (χ3v) is 3.67. The van der Waals surface area contributed by atoms with Crippen LogP contribution in [0.25, 0.3) is 11.0 Å². The Kier molecular flexibility index (Phi) is 3.90. The molecule has 0 aliphatic carbocycles. The van der Waals surface area contributed by atoms with E-state index in [9.17, 15) is 9.59 Å². The lowest BCUT2D eigenvalue weighted by Gasteiger charge is -2.16. The number of hydrogen-bond donors (Lipinski definition) is 4. The van der Waals surface area contributed by atoms with E-state index in [1.54, 1.807) is 36.7 Å². The fourth-order valence-electron chi connectivity index (χ4n) is 2.07. The number of hydrogen-bond acceptors (Lipinski definition) is 4. The topological polar surface area (TPSA) is 104 Å². The quantitative estimate of drug-likeness (QED) is 0.556. The summed E-state index contributed by atoms with van der Waals surface area (Å²) in [5, 5.41) is 2.73. The van der Waals surface area contributed by atoms with E-state index in [4.69, 9.17) is 5.73 Å². The molecule has 0 saturated heterocycles. The van der Waals surface area contributed by atoms with Crippen molar-refractivity contribution in [2.45, 2.75) is 0 Å². The number of thiol groups is 1. The van der Waals surface area contributed by atoms with Gasteiger partial charge in [0.05, 0.1) is 23.0 Å². The van der Waals surface area contributed by atoms with Gasteiger partial charge in [0, 0.05) is 11.3 Å². The van der Waals surface area contributed by atoms with Gasteiger partial charge >= 0.3 is 6.03 Å². The molecule has 0 spiro atoms. The first kappa shape index (κ1) is 14.9. The first-order valence-electron chi connectivity index (χ1n) is 6.67. The molecule has 4 N–H and O–H groups in total. The number of aromatic nitrogens is 2. The van der Waals surface area contributed by atoms with Gasteiger partial charge in [-0.15, -0.1) is 0 Å². The summed E-state index contributed by atoms with van der Waals surface area (Å²) in [5.41, 5.74) is 8.30. The molecule has 0 atom stereocenters. The third kappa shape index (κ3) is 3.11. The number of anilines is 2. The monoisotopic (exact) mass is 327 g/mol. The second-order valence-corrected chi connectivity index (χ2v) is 5.19. The number of carbonyl (C=O) groups excluding carboxylic acids is 2. The van der Waals surface area contributed by atoms with Crippen LogP contribution in [0.5, 0.6) is 0 Å². The van der Waals surface area contributed by atoms with E-state index in [1.807, 2.05) is 0 Å². The van der Waals surface area contributed by atoms with E-state index < -0.39 is 11.9 Å². The molecule has 0 aliphatic rings. The van der Waals surface area contributed by atoms with Gasteiger partial charge in [-0.1, -0.05) is 12.8 Å². The Morgan fingerprint density at radius 1 is 1.17 bits per heavy atom. The van der Waals surface area contributed by atoms with Gasteiger partial charge in [0.2, 0.25) is 5.91 Å². The Balaban J connectivity index is 1.74. The van der Waals surface area contributed by atoms with Gasteiger partial charge in [0.15, 0.2) is 0 Å². The summed E-state index contributed by atoms with van der Waals surface area (Å²) in [4.78, 5) is 30.4. The van der Waals surface area contributed by atoms with E-state index in [-0.39, 0.29) is 0 Å². The average molecular weight is 327 g/mol. The number of H-pyrrole nitrogens is 1. The van der Waals surface area contributed by atoms with Gasteiger partial charge in [0.25, 0.3) is 0 Å². The van der Waals surface area contributed by atoms with Gasteiger partial charge in [-0.2, -0.15) is 0 Å². The van der Waals surface area contributed by atoms with Crippen LogP contribution in [0.4, 0.5) is 16.2 Å². The molecule has 0 fully saturated rings. The molecule has 0 saturated carbocycles. The Morgan fingerprint density at radius 2 is 1.91 bits per heavy atom. The molecule has 23 heavy (non-hydrogen) atoms. The lowest BCUT2D eigenvalue weighted by atomic mass is 10.2. The number of rotatable bonds is 3. The highest BCUT2D eigenvalue weighted by Crippen LogP contribution is 2.20. The van der Waals surface area contributed by atoms with E-state index >= 15 is 0 Å². The number of benzene rings is 2. The summed E-state index contributed by atoms with van der Waals surface area (Å²) in [6.45, 7) is 0. The molecule has 116 valence electrons. The molecule has 7 nitrogen and oxygen atoms in total. The Bertz CT molecular complexity index is 875. The molecule has 1 aromatic heterocycles. The number of nitrogens with one attached hydrogen (secondary N) is 2. The Labute approximate surface area is 137 Å². The van der Waals surface area contributed by atoms with Crippen molar-refractivity contribution >= 4 is 47.2 Å². The van der Waals surface area contributed by atoms with E-state index in [0.717, 1.165) is 15.3 Å². The molecule has 0 aliphatic heterocycles. The van der Waals surface area contributed by atoms with Crippen LogP contribution in [0.2, 0.25) is 0 Å². The Hall–Kier alpha value is -3.00. The number of aromatic amines is 1. The molecule has 0 unspecified atom stereocenters. The highest BCUT2D eigenvalue weighted by Gasteiger charge is 2.13. The summed E-state index contributed by atoms with van der Waals surface area (Å²) >= 11 is 4.18. The van der Waals surface area contributed by atoms with Crippen LogP contribution in [-0.2, 0) is 0 Å². The Morgan fingerprint density at radius 3 is 2.61 bits per heavy atom. The summed E-state index contributed by atoms with van der Waals surface area (Å²) in [6.07, 6.45) is 1.58. The number of imidazole rings is 1. The first-order chi connectivity index (χ1) is 11.0. The number of amides is 3. The minimum Gasteiger partial charge on any atom is -0.366 e. The van der Waals surface area contributed by atoms with Crippen LogP contribution in [0, 0.1) is 0 Å². The molecule has 1 heterocycles. The van der Waals surface area contributed by atoms with Crippen LogP contribution in [0.3, 0.4) is 0 Å². The smallest absolute Gasteiger partial charge is 0.336 e. The van der Waals surface area contributed by atoms with Crippen molar-refractivity contribution in [2.24, 2.45) is 5.73 Å². The van der Waals surface area contributed by atoms with Crippen LogP contribution >= 0.6 is 12.8 Å². The zero-order valence-electron chi connectivity index (χ0n) is 11.9. The van der Waals surface area contributed by atoms with E-state index in [2.05, 4.69) is 28.1 Å². The van der Waals surface area contributed by atoms with Crippen molar-refractivity contribution in [3.05, 3.63) is 54.4 Å². The van der Waals surface area contributed by atoms with Crippen molar-refractivity contribution in [3.63, 3.8) is 0 Å². The maximum atomic E-state index is 12.2. The molecular formula is C15H13N5O2S. The van der Waals surface area contributed by atoms with Gasteiger partial charge < -0.3 is 16.0 Å². The second-order valence-electron chi connectivity index (χ2n) is 4.79. The fourth-order valence-corrected chi connectivity index (χ4v) is 2.26. The summed E-state index contributed by atoms with van der Waals surface area (Å²) in [5.74, 6) is -0.528. The number of nitrogens with two attached hydrogens (primary N) is 1. The molecule has 0 radical (unpaired) electrons. The minimum atomic E-state index is -0.528. The average Bonchev–Trinajstić information content (AvgIpc) is 3.01. The number of nitrogens with zero attached hydrogens (tertiary/aromatic N) is 2. The zero-order valence-corrected chi connectivity index (χ0v) is 12.7. The van der Waals surface area contributed by atoms with Crippen LogP contribution in [0.1, 0.15) is 10.4 Å². The molecule has 3 rings (SSSR count). The number of urea groups is 1. The van der Waals surface area contributed by atoms with E-state index in [0.29, 0.717) is 16.9 Å². The molecular weight excluding hydrogens is 314 g/mol. The number of carbonyl (C=O) groups is 2.